The highest BCUT2D eigenvalue weighted by atomic mass is 79.9. The van der Waals surface area contributed by atoms with Crippen LogP contribution in [0.2, 0.25) is 0 Å². The topological polar surface area (TPSA) is 74.5 Å². The molecule has 0 aliphatic heterocycles. The quantitative estimate of drug-likeness (QED) is 0.910. The standard InChI is InChI=1S/C10H6BrN5/c11-7-4-14-10(15-5-7)16-9-2-1-8(3-12)13-6-9/h1-2,4-6H,(H,14,15,16). The van der Waals surface area contributed by atoms with Crippen LogP contribution in [0.1, 0.15) is 5.69 Å². The van der Waals surface area contributed by atoms with Gasteiger partial charge in [0.25, 0.3) is 0 Å². The molecule has 0 bridgehead atoms. The van der Waals surface area contributed by atoms with Crippen LogP contribution in [0.3, 0.4) is 0 Å². The number of hydrogen-bond donors (Lipinski definition) is 1. The first kappa shape index (κ1) is 10.5. The molecular weight excluding hydrogens is 270 g/mol. The number of halogens is 1. The minimum Gasteiger partial charge on any atom is -0.323 e. The molecule has 0 saturated carbocycles. The normalized spacial score (nSPS) is 9.50. The Balaban J connectivity index is 2.15. The molecule has 2 heterocycles. The largest absolute Gasteiger partial charge is 0.323 e. The van der Waals surface area contributed by atoms with Crippen LogP contribution in [0.15, 0.2) is 35.2 Å². The van der Waals surface area contributed by atoms with Crippen molar-refractivity contribution < 1.29 is 0 Å². The summed E-state index contributed by atoms with van der Waals surface area (Å²) in [4.78, 5) is 12.0. The molecule has 0 aliphatic carbocycles. The minimum absolute atomic E-state index is 0.377. The number of anilines is 2. The molecule has 2 aromatic heterocycles. The second-order valence-electron chi connectivity index (χ2n) is 2.89. The van der Waals surface area contributed by atoms with Crippen LogP contribution in [-0.2, 0) is 0 Å². The van der Waals surface area contributed by atoms with Crippen molar-refractivity contribution in [1.29, 1.82) is 5.26 Å². The minimum atomic E-state index is 0.377. The van der Waals surface area contributed by atoms with Crippen molar-refractivity contribution in [3.8, 4) is 6.07 Å². The van der Waals surface area contributed by atoms with E-state index in [4.69, 9.17) is 5.26 Å². The number of nitrogens with one attached hydrogen (secondary N) is 1. The van der Waals surface area contributed by atoms with E-state index >= 15 is 0 Å². The third-order valence-electron chi connectivity index (χ3n) is 1.75. The molecule has 2 aromatic rings. The first-order chi connectivity index (χ1) is 7.78. The molecule has 2 rings (SSSR count). The number of nitrogens with zero attached hydrogens (tertiary/aromatic N) is 4. The Bertz CT molecular complexity index is 514. The number of hydrogen-bond acceptors (Lipinski definition) is 5. The lowest BCUT2D eigenvalue weighted by Crippen LogP contribution is -1.96. The predicted molar refractivity (Wildman–Crippen MR) is 62.0 cm³/mol. The van der Waals surface area contributed by atoms with Gasteiger partial charge in [-0.15, -0.1) is 0 Å². The average molecular weight is 276 g/mol. The van der Waals surface area contributed by atoms with E-state index < -0.39 is 0 Å². The van der Waals surface area contributed by atoms with Gasteiger partial charge in [0.05, 0.1) is 16.4 Å². The molecule has 6 heteroatoms. The predicted octanol–water partition coefficient (Wildman–Crippen LogP) is 2.25. The Morgan fingerprint density at radius 1 is 1.12 bits per heavy atom. The molecular formula is C10H6BrN5. The molecule has 1 N–H and O–H groups in total. The molecule has 0 unspecified atom stereocenters. The average Bonchev–Trinajstić information content (AvgIpc) is 2.33. The van der Waals surface area contributed by atoms with Crippen molar-refractivity contribution in [2.75, 3.05) is 5.32 Å². The Morgan fingerprint density at radius 2 is 1.88 bits per heavy atom. The van der Waals surface area contributed by atoms with E-state index in [0.29, 0.717) is 11.6 Å². The van der Waals surface area contributed by atoms with Crippen LogP contribution in [0.4, 0.5) is 11.6 Å². The highest BCUT2D eigenvalue weighted by molar-refractivity contribution is 9.10. The van der Waals surface area contributed by atoms with Gasteiger partial charge in [-0.2, -0.15) is 5.26 Å². The lowest BCUT2D eigenvalue weighted by Gasteiger charge is -2.03. The first-order valence-electron chi connectivity index (χ1n) is 4.38. The summed E-state index contributed by atoms with van der Waals surface area (Å²) >= 11 is 3.25. The van der Waals surface area contributed by atoms with E-state index in [1.165, 1.54) is 0 Å². The Labute approximate surface area is 100 Å². The number of rotatable bonds is 2. The van der Waals surface area contributed by atoms with E-state index in [1.54, 1.807) is 30.7 Å². The van der Waals surface area contributed by atoms with Crippen LogP contribution in [0, 0.1) is 11.3 Å². The van der Waals surface area contributed by atoms with Crippen LogP contribution < -0.4 is 5.32 Å². The molecule has 78 valence electrons. The van der Waals surface area contributed by atoms with Crippen molar-refractivity contribution in [3.63, 3.8) is 0 Å². The maximum atomic E-state index is 8.59. The Kier molecular flexibility index (Phi) is 3.08. The van der Waals surface area contributed by atoms with E-state index in [2.05, 4.69) is 36.2 Å². The number of nitriles is 1. The molecule has 0 fully saturated rings. The molecule has 0 amide bonds. The lowest BCUT2D eigenvalue weighted by molar-refractivity contribution is 1.14. The SMILES string of the molecule is N#Cc1ccc(Nc2ncc(Br)cn2)cn1. The van der Waals surface area contributed by atoms with Gasteiger partial charge in [0.2, 0.25) is 5.95 Å². The van der Waals surface area contributed by atoms with Gasteiger partial charge in [-0.3, -0.25) is 0 Å². The summed E-state index contributed by atoms with van der Waals surface area (Å²) in [7, 11) is 0. The maximum absolute atomic E-state index is 8.59. The first-order valence-corrected chi connectivity index (χ1v) is 5.18. The highest BCUT2D eigenvalue weighted by Gasteiger charge is 1.98. The van der Waals surface area contributed by atoms with Crippen LogP contribution in [0.5, 0.6) is 0 Å². The second-order valence-corrected chi connectivity index (χ2v) is 3.81. The molecule has 0 atom stereocenters. The fraction of sp³-hybridized carbons (Fsp3) is 0. The van der Waals surface area contributed by atoms with E-state index in [0.717, 1.165) is 10.2 Å². The van der Waals surface area contributed by atoms with Gasteiger partial charge in [0, 0.05) is 12.4 Å². The van der Waals surface area contributed by atoms with Crippen LogP contribution >= 0.6 is 15.9 Å². The van der Waals surface area contributed by atoms with Crippen LogP contribution in [0.25, 0.3) is 0 Å². The van der Waals surface area contributed by atoms with Gasteiger partial charge >= 0.3 is 0 Å². The Morgan fingerprint density at radius 3 is 2.44 bits per heavy atom. The fourth-order valence-corrected chi connectivity index (χ4v) is 1.24. The molecule has 0 aliphatic rings. The fourth-order valence-electron chi connectivity index (χ4n) is 1.04. The van der Waals surface area contributed by atoms with Crippen molar-refractivity contribution >= 4 is 27.6 Å². The summed E-state index contributed by atoms with van der Waals surface area (Å²) in [5.74, 6) is 0.481. The smallest absolute Gasteiger partial charge is 0.227 e. The summed E-state index contributed by atoms with van der Waals surface area (Å²) in [5, 5.41) is 11.6. The van der Waals surface area contributed by atoms with Crippen molar-refractivity contribution in [2.45, 2.75) is 0 Å². The van der Waals surface area contributed by atoms with Gasteiger partial charge in [0.1, 0.15) is 11.8 Å². The zero-order valence-corrected chi connectivity index (χ0v) is 9.64. The van der Waals surface area contributed by atoms with Gasteiger partial charge < -0.3 is 5.32 Å². The van der Waals surface area contributed by atoms with Crippen LogP contribution in [-0.4, -0.2) is 15.0 Å². The van der Waals surface area contributed by atoms with E-state index in [1.807, 2.05) is 6.07 Å². The van der Waals surface area contributed by atoms with E-state index in [-0.39, 0.29) is 0 Å². The van der Waals surface area contributed by atoms with Crippen molar-refractivity contribution in [3.05, 3.63) is 40.9 Å². The molecule has 5 nitrogen and oxygen atoms in total. The Hall–Kier alpha value is -2.00. The van der Waals surface area contributed by atoms with Gasteiger partial charge in [0.15, 0.2) is 0 Å². The molecule has 16 heavy (non-hydrogen) atoms. The van der Waals surface area contributed by atoms with Crippen molar-refractivity contribution in [1.82, 2.24) is 15.0 Å². The van der Waals surface area contributed by atoms with Gasteiger partial charge in [-0.05, 0) is 28.1 Å². The van der Waals surface area contributed by atoms with E-state index in [9.17, 15) is 0 Å². The zero-order valence-electron chi connectivity index (χ0n) is 8.05. The summed E-state index contributed by atoms with van der Waals surface area (Å²) in [5.41, 5.74) is 1.11. The summed E-state index contributed by atoms with van der Waals surface area (Å²) in [6.07, 6.45) is 4.85. The van der Waals surface area contributed by atoms with Gasteiger partial charge in [-0.25, -0.2) is 15.0 Å². The lowest BCUT2D eigenvalue weighted by atomic mass is 10.3. The zero-order chi connectivity index (χ0) is 11.4. The molecule has 0 saturated heterocycles. The summed E-state index contributed by atoms with van der Waals surface area (Å²) < 4.78 is 0.816. The highest BCUT2D eigenvalue weighted by Crippen LogP contribution is 2.12. The van der Waals surface area contributed by atoms with Gasteiger partial charge in [-0.1, -0.05) is 0 Å². The third-order valence-corrected chi connectivity index (χ3v) is 2.16. The van der Waals surface area contributed by atoms with Crippen molar-refractivity contribution in [2.24, 2.45) is 0 Å². The molecule has 0 spiro atoms. The molecule has 0 aromatic carbocycles. The number of pyridine rings is 1. The number of aromatic nitrogens is 3. The summed E-state index contributed by atoms with van der Waals surface area (Å²) in [6.45, 7) is 0. The second kappa shape index (κ2) is 4.68. The molecule has 0 radical (unpaired) electrons. The monoisotopic (exact) mass is 275 g/mol. The third kappa shape index (κ3) is 2.52. The summed E-state index contributed by atoms with van der Waals surface area (Å²) in [6, 6.07) is 5.32. The maximum Gasteiger partial charge on any atom is 0.227 e.